The highest BCUT2D eigenvalue weighted by molar-refractivity contribution is 5.13. The average molecular weight is 163 g/mol. The number of benzene rings is 1. The van der Waals surface area contributed by atoms with Gasteiger partial charge in [0.25, 0.3) is 0 Å². The molecule has 0 radical (unpaired) electrons. The molecule has 0 heterocycles. The Balaban J connectivity index is 2.41. The molecule has 12 heavy (non-hydrogen) atoms. The topological polar surface area (TPSA) is 4.44 Å². The zero-order valence-electron chi connectivity index (χ0n) is 7.72. The highest BCUT2D eigenvalue weighted by Crippen LogP contribution is 1.94. The van der Waals surface area contributed by atoms with Crippen LogP contribution in [-0.4, -0.2) is 6.54 Å². The van der Waals surface area contributed by atoms with E-state index in [1.165, 1.54) is 16.9 Å². The van der Waals surface area contributed by atoms with Crippen LogP contribution in [0.5, 0.6) is 0 Å². The van der Waals surface area contributed by atoms with Crippen molar-refractivity contribution in [3.63, 3.8) is 0 Å². The van der Waals surface area contributed by atoms with E-state index in [-0.39, 0.29) is 0 Å². The third-order valence-corrected chi connectivity index (χ3v) is 1.90. The van der Waals surface area contributed by atoms with Gasteiger partial charge >= 0.3 is 0 Å². The Hall–Kier alpha value is -0.820. The molecule has 1 nitrogen and oxygen atoms in total. The number of quaternary nitrogens is 1. The molecule has 1 aromatic carbocycles. The van der Waals surface area contributed by atoms with Crippen LogP contribution in [0.4, 0.5) is 0 Å². The van der Waals surface area contributed by atoms with Crippen LogP contribution in [0, 0.1) is 7.05 Å². The maximum Gasteiger partial charge on any atom is 0.0787 e. The summed E-state index contributed by atoms with van der Waals surface area (Å²) in [6, 6.07) is 10.5. The smallest absolute Gasteiger partial charge is 0.0787 e. The van der Waals surface area contributed by atoms with Gasteiger partial charge in [-0.05, 0) is 6.42 Å². The van der Waals surface area contributed by atoms with Gasteiger partial charge in [-0.25, -0.2) is 0 Å². The van der Waals surface area contributed by atoms with Crippen molar-refractivity contribution in [1.29, 1.82) is 0 Å². The second-order valence-electron chi connectivity index (χ2n) is 3.16. The predicted molar refractivity (Wildman–Crippen MR) is 51.6 cm³/mol. The number of hydrogen-bond donors (Lipinski definition) is 1. The zero-order chi connectivity index (χ0) is 8.81. The molecule has 1 atom stereocenters. The fraction of sp³-hybridized carbons (Fsp3) is 0.364. The average Bonchev–Trinajstić information content (AvgIpc) is 2.06. The van der Waals surface area contributed by atoms with E-state index in [1.807, 2.05) is 6.07 Å². The van der Waals surface area contributed by atoms with Gasteiger partial charge in [0.1, 0.15) is 0 Å². The number of hydrogen-bond acceptors (Lipinski definition) is 0. The first-order valence-electron chi connectivity index (χ1n) is 4.53. The molecule has 0 amide bonds. The van der Waals surface area contributed by atoms with Gasteiger partial charge in [0.15, 0.2) is 0 Å². The summed E-state index contributed by atoms with van der Waals surface area (Å²) in [7, 11) is 4.04. The summed E-state index contributed by atoms with van der Waals surface area (Å²) < 4.78 is 0. The third-order valence-electron chi connectivity index (χ3n) is 1.90. The Bertz CT molecular complexity index is 206. The standard InChI is InChI=1S/C11H17N/c1-3-9-12(2)10-11-7-5-4-6-8-11/h4-8,12H,2-3,9-10H2,1H3. The minimum absolute atomic E-state index is 1.04. The molecule has 0 saturated heterocycles. The Morgan fingerprint density at radius 2 is 1.92 bits per heavy atom. The summed E-state index contributed by atoms with van der Waals surface area (Å²) in [5.41, 5.74) is 1.37. The van der Waals surface area contributed by atoms with Crippen LogP contribution in [0.3, 0.4) is 0 Å². The summed E-state index contributed by atoms with van der Waals surface area (Å²) in [6.07, 6.45) is 1.20. The molecule has 1 N–H and O–H groups in total. The van der Waals surface area contributed by atoms with Gasteiger partial charge in [0.2, 0.25) is 0 Å². The summed E-state index contributed by atoms with van der Waals surface area (Å²) in [5.74, 6) is 0. The van der Waals surface area contributed by atoms with E-state index < -0.39 is 0 Å². The molecule has 1 rings (SSSR count). The maximum atomic E-state index is 4.04. The fourth-order valence-corrected chi connectivity index (χ4v) is 1.33. The Labute approximate surface area is 75.0 Å². The van der Waals surface area contributed by atoms with Crippen molar-refractivity contribution >= 4 is 0 Å². The molecule has 0 bridgehead atoms. The lowest BCUT2D eigenvalue weighted by Gasteiger charge is -2.19. The lowest BCUT2D eigenvalue weighted by molar-refractivity contribution is -0.868. The van der Waals surface area contributed by atoms with Gasteiger partial charge in [-0.15, -0.1) is 0 Å². The van der Waals surface area contributed by atoms with E-state index in [0.29, 0.717) is 0 Å². The van der Waals surface area contributed by atoms with Crippen molar-refractivity contribution in [1.82, 2.24) is 0 Å². The van der Waals surface area contributed by atoms with Crippen molar-refractivity contribution in [3.8, 4) is 0 Å². The Kier molecular flexibility index (Phi) is 3.81. The third kappa shape index (κ3) is 3.05. The van der Waals surface area contributed by atoms with Crippen LogP contribution < -0.4 is 4.90 Å². The zero-order valence-corrected chi connectivity index (χ0v) is 7.72. The second kappa shape index (κ2) is 4.94. The molecule has 0 aromatic heterocycles. The molecule has 66 valence electrons. The first-order valence-corrected chi connectivity index (χ1v) is 4.53. The van der Waals surface area contributed by atoms with E-state index >= 15 is 0 Å². The SMILES string of the molecule is [CH2-][NH+](CCC)Cc1ccccc1. The quantitative estimate of drug-likeness (QED) is 0.638. The molecule has 0 aliphatic carbocycles. The highest BCUT2D eigenvalue weighted by atomic mass is 15.1. The first-order chi connectivity index (χ1) is 5.83. The molecule has 0 spiro atoms. The van der Waals surface area contributed by atoms with Crippen molar-refractivity contribution in [2.75, 3.05) is 6.54 Å². The molecular weight excluding hydrogens is 146 g/mol. The minimum Gasteiger partial charge on any atom is -0.464 e. The molecule has 0 aliphatic heterocycles. The molecular formula is C11H17N. The summed E-state index contributed by atoms with van der Waals surface area (Å²) in [4.78, 5) is 1.34. The molecule has 1 unspecified atom stereocenters. The first kappa shape index (κ1) is 9.27. The molecule has 0 aliphatic rings. The van der Waals surface area contributed by atoms with Crippen LogP contribution >= 0.6 is 0 Å². The monoisotopic (exact) mass is 163 g/mol. The van der Waals surface area contributed by atoms with Crippen LogP contribution in [0.1, 0.15) is 18.9 Å². The van der Waals surface area contributed by atoms with Crippen LogP contribution in [0.2, 0.25) is 0 Å². The van der Waals surface area contributed by atoms with Crippen molar-refractivity contribution < 1.29 is 4.90 Å². The van der Waals surface area contributed by atoms with E-state index in [4.69, 9.17) is 0 Å². The summed E-state index contributed by atoms with van der Waals surface area (Å²) in [6.45, 7) is 4.37. The van der Waals surface area contributed by atoms with Crippen molar-refractivity contribution in [2.24, 2.45) is 0 Å². The summed E-state index contributed by atoms with van der Waals surface area (Å²) >= 11 is 0. The Morgan fingerprint density at radius 1 is 1.25 bits per heavy atom. The van der Waals surface area contributed by atoms with Crippen molar-refractivity contribution in [3.05, 3.63) is 42.9 Å². The van der Waals surface area contributed by atoms with Gasteiger partial charge in [0, 0.05) is 5.56 Å². The van der Waals surface area contributed by atoms with Gasteiger partial charge < -0.3 is 4.90 Å². The van der Waals surface area contributed by atoms with Gasteiger partial charge in [-0.2, -0.15) is 7.05 Å². The van der Waals surface area contributed by atoms with Crippen LogP contribution in [-0.2, 0) is 6.54 Å². The summed E-state index contributed by atoms with van der Waals surface area (Å²) in [5, 5.41) is 0. The fourth-order valence-electron chi connectivity index (χ4n) is 1.33. The largest absolute Gasteiger partial charge is 0.464 e. The second-order valence-corrected chi connectivity index (χ2v) is 3.16. The van der Waals surface area contributed by atoms with Crippen molar-refractivity contribution in [2.45, 2.75) is 19.9 Å². The predicted octanol–water partition coefficient (Wildman–Crippen LogP) is 1.27. The maximum absolute atomic E-state index is 4.04. The van der Waals surface area contributed by atoms with E-state index in [1.54, 1.807) is 0 Å². The van der Waals surface area contributed by atoms with Gasteiger partial charge in [0.05, 0.1) is 13.1 Å². The van der Waals surface area contributed by atoms with E-state index in [2.05, 4.69) is 38.2 Å². The number of rotatable bonds is 4. The normalized spacial score (nSPS) is 12.8. The lowest BCUT2D eigenvalue weighted by atomic mass is 10.2. The number of nitrogens with one attached hydrogen (secondary N) is 1. The molecule has 1 aromatic rings. The minimum atomic E-state index is 1.04. The van der Waals surface area contributed by atoms with Crippen LogP contribution in [0.15, 0.2) is 30.3 Å². The van der Waals surface area contributed by atoms with Crippen LogP contribution in [0.25, 0.3) is 0 Å². The Morgan fingerprint density at radius 3 is 2.50 bits per heavy atom. The highest BCUT2D eigenvalue weighted by Gasteiger charge is 1.95. The van der Waals surface area contributed by atoms with E-state index in [9.17, 15) is 0 Å². The van der Waals surface area contributed by atoms with Gasteiger partial charge in [-0.3, -0.25) is 0 Å². The van der Waals surface area contributed by atoms with E-state index in [0.717, 1.165) is 13.1 Å². The van der Waals surface area contributed by atoms with Gasteiger partial charge in [-0.1, -0.05) is 37.3 Å². The molecule has 0 fully saturated rings. The molecule has 0 saturated carbocycles. The lowest BCUT2D eigenvalue weighted by Crippen LogP contribution is -3.05. The molecule has 1 heteroatoms.